The van der Waals surface area contributed by atoms with E-state index in [1.165, 1.54) is 37.0 Å². The smallest absolute Gasteiger partial charge is 0.406 e. The van der Waals surface area contributed by atoms with Crippen LogP contribution in [0.4, 0.5) is 13.2 Å². The topological polar surface area (TPSA) is 28.3 Å². The molecule has 1 aliphatic carbocycles. The molecular weight excluding hydrogens is 365 g/mol. The van der Waals surface area contributed by atoms with Gasteiger partial charge in [0.05, 0.1) is 0 Å². The number of benzene rings is 1. The second kappa shape index (κ2) is 7.82. The first kappa shape index (κ1) is 20.8. The molecular formula is C22H29F3N2O. The first-order valence-electron chi connectivity index (χ1n) is 9.90. The van der Waals surface area contributed by atoms with Crippen molar-refractivity contribution in [1.29, 1.82) is 0 Å². The number of allylic oxidation sites excluding steroid dienone is 1. The highest BCUT2D eigenvalue weighted by Gasteiger charge is 2.34. The molecule has 0 saturated heterocycles. The summed E-state index contributed by atoms with van der Waals surface area (Å²) in [6.45, 7) is 4.18. The van der Waals surface area contributed by atoms with Crippen molar-refractivity contribution < 1.29 is 17.9 Å². The zero-order valence-electron chi connectivity index (χ0n) is 17.0. The molecule has 0 aliphatic heterocycles. The average Bonchev–Trinajstić information content (AvgIpc) is 2.95. The molecule has 0 radical (unpaired) electrons. The van der Waals surface area contributed by atoms with Gasteiger partial charge in [-0.05, 0) is 76.0 Å². The highest BCUT2D eigenvalue weighted by Crippen LogP contribution is 2.41. The summed E-state index contributed by atoms with van der Waals surface area (Å²) in [5.74, 6) is -0.183. The van der Waals surface area contributed by atoms with Crippen molar-refractivity contribution in [3.05, 3.63) is 35.5 Å². The second-order valence-electron chi connectivity index (χ2n) is 8.04. The van der Waals surface area contributed by atoms with Crippen molar-refractivity contribution in [1.82, 2.24) is 9.88 Å². The highest BCUT2D eigenvalue weighted by molar-refractivity contribution is 5.90. The van der Waals surface area contributed by atoms with Gasteiger partial charge in [-0.1, -0.05) is 25.8 Å². The van der Waals surface area contributed by atoms with Crippen LogP contribution in [0.5, 0.6) is 5.75 Å². The SMILES string of the molecule is CCCCC1(N(C)C)CC=C(c2[nH]c3ccc(OC(F)(F)F)cc3c2C)CC1. The van der Waals surface area contributed by atoms with Crippen molar-refractivity contribution >= 4 is 16.5 Å². The number of unbranched alkanes of at least 4 members (excludes halogenated alkanes) is 1. The van der Waals surface area contributed by atoms with E-state index in [1.54, 1.807) is 6.07 Å². The number of aromatic amines is 1. The van der Waals surface area contributed by atoms with Crippen molar-refractivity contribution in [2.45, 2.75) is 64.3 Å². The second-order valence-corrected chi connectivity index (χ2v) is 8.04. The number of aromatic nitrogens is 1. The first-order valence-corrected chi connectivity index (χ1v) is 9.90. The van der Waals surface area contributed by atoms with Crippen LogP contribution in [0.1, 0.15) is 56.7 Å². The molecule has 0 fully saturated rings. The van der Waals surface area contributed by atoms with Crippen molar-refractivity contribution in [2.75, 3.05) is 14.1 Å². The van der Waals surface area contributed by atoms with Crippen LogP contribution in [0.25, 0.3) is 16.5 Å². The Kier molecular flexibility index (Phi) is 5.80. The van der Waals surface area contributed by atoms with Crippen molar-refractivity contribution in [3.8, 4) is 5.75 Å². The number of ether oxygens (including phenoxy) is 1. The summed E-state index contributed by atoms with van der Waals surface area (Å²) >= 11 is 0. The minimum atomic E-state index is -4.68. The summed E-state index contributed by atoms with van der Waals surface area (Å²) in [7, 11) is 4.32. The number of nitrogens with one attached hydrogen (secondary N) is 1. The standard InChI is InChI=1S/C22H29F3N2O/c1-5-6-11-21(27(3)4)12-9-16(10-13-21)20-15(2)18-14-17(28-22(23,24)25)7-8-19(18)26-20/h7-9,14,26H,5-6,10-13H2,1-4H3. The van der Waals surface area contributed by atoms with E-state index in [4.69, 9.17) is 0 Å². The van der Waals surface area contributed by atoms with Gasteiger partial charge in [-0.3, -0.25) is 0 Å². The molecule has 3 nitrogen and oxygen atoms in total. The largest absolute Gasteiger partial charge is 0.573 e. The molecule has 1 aromatic carbocycles. The number of H-pyrrole nitrogens is 1. The van der Waals surface area contributed by atoms with E-state index in [0.29, 0.717) is 0 Å². The average molecular weight is 394 g/mol. The number of hydrogen-bond acceptors (Lipinski definition) is 2. The van der Waals surface area contributed by atoms with Crippen LogP contribution >= 0.6 is 0 Å². The van der Waals surface area contributed by atoms with Gasteiger partial charge in [0, 0.05) is 22.1 Å². The molecule has 28 heavy (non-hydrogen) atoms. The summed E-state index contributed by atoms with van der Waals surface area (Å²) < 4.78 is 41.6. The zero-order chi connectivity index (χ0) is 20.5. The molecule has 0 amide bonds. The first-order chi connectivity index (χ1) is 13.1. The fourth-order valence-electron chi connectivity index (χ4n) is 4.30. The van der Waals surface area contributed by atoms with E-state index < -0.39 is 6.36 Å². The Balaban J connectivity index is 1.89. The van der Waals surface area contributed by atoms with Crippen LogP contribution in [0.15, 0.2) is 24.3 Å². The van der Waals surface area contributed by atoms with Gasteiger partial charge in [0.25, 0.3) is 0 Å². The molecule has 154 valence electrons. The summed E-state index contributed by atoms with van der Waals surface area (Å²) in [6, 6.07) is 4.47. The van der Waals surface area contributed by atoms with E-state index in [-0.39, 0.29) is 11.3 Å². The Morgan fingerprint density at radius 1 is 1.25 bits per heavy atom. The minimum Gasteiger partial charge on any atom is -0.406 e. The molecule has 1 unspecified atom stereocenters. The van der Waals surface area contributed by atoms with E-state index in [1.807, 2.05) is 6.92 Å². The third-order valence-corrected chi connectivity index (χ3v) is 6.12. The van der Waals surface area contributed by atoms with E-state index in [0.717, 1.165) is 41.4 Å². The van der Waals surface area contributed by atoms with Gasteiger partial charge in [0.15, 0.2) is 0 Å². The van der Waals surface area contributed by atoms with E-state index >= 15 is 0 Å². The summed E-state index contributed by atoms with van der Waals surface area (Å²) in [5.41, 5.74) is 4.29. The van der Waals surface area contributed by atoms with Crippen LogP contribution in [-0.4, -0.2) is 35.9 Å². The molecule has 6 heteroatoms. The Morgan fingerprint density at radius 3 is 2.57 bits per heavy atom. The van der Waals surface area contributed by atoms with Gasteiger partial charge in [0.2, 0.25) is 0 Å². The van der Waals surface area contributed by atoms with Gasteiger partial charge in [-0.25, -0.2) is 0 Å². The fraction of sp³-hybridized carbons (Fsp3) is 0.545. The van der Waals surface area contributed by atoms with Crippen molar-refractivity contribution in [3.63, 3.8) is 0 Å². The van der Waals surface area contributed by atoms with Gasteiger partial charge < -0.3 is 14.6 Å². The molecule has 1 N–H and O–H groups in total. The van der Waals surface area contributed by atoms with Gasteiger partial charge in [-0.2, -0.15) is 0 Å². The molecule has 2 aromatic rings. The molecule has 0 saturated carbocycles. The zero-order valence-corrected chi connectivity index (χ0v) is 17.0. The predicted molar refractivity (Wildman–Crippen MR) is 107 cm³/mol. The Bertz CT molecular complexity index is 867. The van der Waals surface area contributed by atoms with Gasteiger partial charge in [0.1, 0.15) is 5.75 Å². The molecule has 0 bridgehead atoms. The fourth-order valence-corrected chi connectivity index (χ4v) is 4.30. The molecule has 0 spiro atoms. The molecule has 1 atom stereocenters. The summed E-state index contributed by atoms with van der Waals surface area (Å²) in [4.78, 5) is 5.76. The van der Waals surface area contributed by atoms with E-state index in [9.17, 15) is 13.2 Å². The lowest BCUT2D eigenvalue weighted by Gasteiger charge is -2.42. The van der Waals surface area contributed by atoms with E-state index in [2.05, 4.69) is 41.7 Å². The van der Waals surface area contributed by atoms with Crippen LogP contribution in [-0.2, 0) is 0 Å². The predicted octanol–water partition coefficient (Wildman–Crippen LogP) is 6.43. The van der Waals surface area contributed by atoms with Gasteiger partial charge in [-0.15, -0.1) is 13.2 Å². The van der Waals surface area contributed by atoms with Crippen LogP contribution in [0.2, 0.25) is 0 Å². The lowest BCUT2D eigenvalue weighted by atomic mass is 9.77. The highest BCUT2D eigenvalue weighted by atomic mass is 19.4. The number of hydrogen-bond donors (Lipinski definition) is 1. The third kappa shape index (κ3) is 4.22. The maximum absolute atomic E-state index is 12.5. The van der Waals surface area contributed by atoms with Crippen molar-refractivity contribution in [2.24, 2.45) is 0 Å². The lowest BCUT2D eigenvalue weighted by molar-refractivity contribution is -0.274. The number of rotatable bonds is 6. The maximum Gasteiger partial charge on any atom is 0.573 e. The van der Waals surface area contributed by atoms with Crippen LogP contribution < -0.4 is 4.74 Å². The normalized spacial score (nSPS) is 20.6. The number of halogens is 3. The van der Waals surface area contributed by atoms with Crippen LogP contribution in [0, 0.1) is 6.92 Å². The monoisotopic (exact) mass is 394 g/mol. The number of aryl methyl sites for hydroxylation is 1. The lowest BCUT2D eigenvalue weighted by Crippen LogP contribution is -2.45. The maximum atomic E-state index is 12.5. The molecule has 3 rings (SSSR count). The Morgan fingerprint density at radius 2 is 2.00 bits per heavy atom. The third-order valence-electron chi connectivity index (χ3n) is 6.12. The quantitative estimate of drug-likeness (QED) is 0.611. The number of alkyl halides is 3. The Hall–Kier alpha value is -1.95. The Labute approximate surface area is 164 Å². The summed E-state index contributed by atoms with van der Waals surface area (Å²) in [6.07, 6.45) is 4.26. The number of fused-ring (bicyclic) bond motifs is 1. The molecule has 1 aromatic heterocycles. The molecule has 1 aliphatic rings. The number of nitrogens with zero attached hydrogens (tertiary/aromatic N) is 1. The summed E-state index contributed by atoms with van der Waals surface area (Å²) in [5, 5.41) is 0.771. The van der Waals surface area contributed by atoms with Crippen LogP contribution in [0.3, 0.4) is 0 Å². The molecule has 1 heterocycles. The van der Waals surface area contributed by atoms with Gasteiger partial charge >= 0.3 is 6.36 Å². The minimum absolute atomic E-state index is 0.183.